The van der Waals surface area contributed by atoms with Gasteiger partial charge >= 0.3 is 0 Å². The Balaban J connectivity index is 2.08. The fourth-order valence-electron chi connectivity index (χ4n) is 2.79. The van der Waals surface area contributed by atoms with Crippen molar-refractivity contribution in [2.75, 3.05) is 19.6 Å². The molecule has 1 aromatic carbocycles. The largest absolute Gasteiger partial charge is 0.343 e. The van der Waals surface area contributed by atoms with Crippen LogP contribution in [0.15, 0.2) is 18.2 Å². The van der Waals surface area contributed by atoms with Gasteiger partial charge in [-0.05, 0) is 26.3 Å². The highest BCUT2D eigenvalue weighted by Crippen LogP contribution is 2.30. The predicted octanol–water partition coefficient (Wildman–Crippen LogP) is 1.84. The van der Waals surface area contributed by atoms with Crippen molar-refractivity contribution in [2.24, 2.45) is 0 Å². The molecule has 1 heterocycles. The van der Waals surface area contributed by atoms with Crippen LogP contribution in [0.3, 0.4) is 0 Å². The minimum atomic E-state index is -0.669. The van der Waals surface area contributed by atoms with E-state index in [0.717, 1.165) is 4.90 Å². The topological polar surface area (TPSA) is 101 Å². The number of amides is 3. The molecule has 128 valence electrons. The molecule has 3 amide bonds. The van der Waals surface area contributed by atoms with Gasteiger partial charge in [0, 0.05) is 32.1 Å². The lowest BCUT2D eigenvalue weighted by Gasteiger charge is -2.19. The molecule has 0 unspecified atom stereocenters. The van der Waals surface area contributed by atoms with Gasteiger partial charge in [0.2, 0.25) is 5.91 Å². The highest BCUT2D eigenvalue weighted by molar-refractivity contribution is 6.23. The number of hydrogen-bond acceptors (Lipinski definition) is 5. The van der Waals surface area contributed by atoms with Crippen molar-refractivity contribution in [1.82, 2.24) is 9.80 Å². The maximum absolute atomic E-state index is 12.4. The van der Waals surface area contributed by atoms with E-state index >= 15 is 0 Å². The van der Waals surface area contributed by atoms with Crippen LogP contribution in [-0.2, 0) is 4.79 Å². The number of nitrogens with zero attached hydrogens (tertiary/aromatic N) is 3. The molecule has 8 heteroatoms. The van der Waals surface area contributed by atoms with Gasteiger partial charge in [-0.25, -0.2) is 0 Å². The van der Waals surface area contributed by atoms with E-state index in [1.807, 2.05) is 13.8 Å². The number of nitro groups is 1. The van der Waals surface area contributed by atoms with E-state index in [9.17, 15) is 24.5 Å². The average molecular weight is 333 g/mol. The van der Waals surface area contributed by atoms with Gasteiger partial charge in [-0.3, -0.25) is 29.4 Å². The molecular formula is C16H19N3O5. The number of imide groups is 1. The normalized spacial score (nSPS) is 13.2. The summed E-state index contributed by atoms with van der Waals surface area (Å²) in [5, 5.41) is 11.0. The number of hydrogen-bond donors (Lipinski definition) is 0. The molecule has 8 nitrogen and oxygen atoms in total. The zero-order valence-corrected chi connectivity index (χ0v) is 13.7. The number of benzene rings is 1. The average Bonchev–Trinajstić information content (AvgIpc) is 2.81. The number of carbonyl (C=O) groups excluding carboxylic acids is 3. The maximum atomic E-state index is 12.4. The van der Waals surface area contributed by atoms with Gasteiger partial charge in [-0.15, -0.1) is 0 Å². The van der Waals surface area contributed by atoms with Gasteiger partial charge in [0.25, 0.3) is 17.5 Å². The summed E-state index contributed by atoms with van der Waals surface area (Å²) in [5.41, 5.74) is -0.487. The number of carbonyl (C=O) groups is 3. The summed E-state index contributed by atoms with van der Waals surface area (Å²) < 4.78 is 0. The summed E-state index contributed by atoms with van der Waals surface area (Å²) in [6.07, 6.45) is 0.547. The Morgan fingerprint density at radius 2 is 1.88 bits per heavy atom. The summed E-state index contributed by atoms with van der Waals surface area (Å²) in [5.74, 6) is -1.26. The van der Waals surface area contributed by atoms with E-state index in [-0.39, 0.29) is 35.7 Å². The van der Waals surface area contributed by atoms with Gasteiger partial charge in [-0.2, -0.15) is 0 Å². The van der Waals surface area contributed by atoms with Crippen LogP contribution >= 0.6 is 0 Å². The zero-order valence-electron chi connectivity index (χ0n) is 13.7. The number of nitro benzene ring substituents is 1. The van der Waals surface area contributed by atoms with Crippen LogP contribution in [0.5, 0.6) is 0 Å². The van der Waals surface area contributed by atoms with Crippen LogP contribution in [-0.4, -0.2) is 52.1 Å². The lowest BCUT2D eigenvalue weighted by molar-refractivity contribution is -0.385. The predicted molar refractivity (Wildman–Crippen MR) is 85.6 cm³/mol. The van der Waals surface area contributed by atoms with Gasteiger partial charge in [0.15, 0.2) is 0 Å². The SMILES string of the molecule is CCN(CC)C(=O)CCCN1C(=O)c2cccc([N+](=O)[O-])c2C1=O. The Kier molecular flexibility index (Phi) is 5.28. The quantitative estimate of drug-likeness (QED) is 0.430. The fraction of sp³-hybridized carbons (Fsp3) is 0.438. The van der Waals surface area contributed by atoms with Crippen LogP contribution in [0, 0.1) is 10.1 Å². The fourth-order valence-corrected chi connectivity index (χ4v) is 2.79. The summed E-state index contributed by atoms with van der Waals surface area (Å²) in [7, 11) is 0. The van der Waals surface area contributed by atoms with Crippen LogP contribution in [0.1, 0.15) is 47.4 Å². The monoisotopic (exact) mass is 333 g/mol. The third kappa shape index (κ3) is 3.12. The van der Waals surface area contributed by atoms with Crippen LogP contribution < -0.4 is 0 Å². The molecule has 1 aliphatic rings. The molecule has 0 saturated heterocycles. The second kappa shape index (κ2) is 7.20. The molecule has 2 rings (SSSR count). The number of fused-ring (bicyclic) bond motifs is 1. The Labute approximate surface area is 139 Å². The summed E-state index contributed by atoms with van der Waals surface area (Å²) in [4.78, 5) is 49.6. The van der Waals surface area contributed by atoms with Crippen LogP contribution in [0.4, 0.5) is 5.69 Å². The van der Waals surface area contributed by atoms with E-state index in [1.54, 1.807) is 4.90 Å². The summed E-state index contributed by atoms with van der Waals surface area (Å²) >= 11 is 0. The molecular weight excluding hydrogens is 314 g/mol. The summed E-state index contributed by atoms with van der Waals surface area (Å²) in [6, 6.07) is 4.00. The zero-order chi connectivity index (χ0) is 17.9. The van der Waals surface area contributed by atoms with E-state index in [0.29, 0.717) is 19.5 Å². The Bertz CT molecular complexity index is 697. The van der Waals surface area contributed by atoms with Crippen molar-refractivity contribution in [2.45, 2.75) is 26.7 Å². The van der Waals surface area contributed by atoms with Crippen molar-refractivity contribution < 1.29 is 19.3 Å². The van der Waals surface area contributed by atoms with Crippen molar-refractivity contribution in [3.63, 3.8) is 0 Å². The van der Waals surface area contributed by atoms with Crippen molar-refractivity contribution in [1.29, 1.82) is 0 Å². The molecule has 0 aliphatic carbocycles. The second-order valence-electron chi connectivity index (χ2n) is 5.39. The molecule has 0 aromatic heterocycles. The van der Waals surface area contributed by atoms with Crippen molar-refractivity contribution in [3.05, 3.63) is 39.4 Å². The molecule has 1 aliphatic heterocycles. The number of rotatable bonds is 7. The third-order valence-electron chi connectivity index (χ3n) is 4.06. The molecule has 0 atom stereocenters. The molecule has 0 radical (unpaired) electrons. The standard InChI is InChI=1S/C16H19N3O5/c1-3-17(4-2)13(20)9-6-10-18-15(21)11-7-5-8-12(19(23)24)14(11)16(18)22/h5,7-8H,3-4,6,9-10H2,1-2H3. The first kappa shape index (κ1) is 17.6. The summed E-state index contributed by atoms with van der Waals surface area (Å²) in [6.45, 7) is 5.04. The van der Waals surface area contributed by atoms with Gasteiger partial charge in [0.05, 0.1) is 10.5 Å². The first-order valence-electron chi connectivity index (χ1n) is 7.83. The first-order chi connectivity index (χ1) is 11.4. The van der Waals surface area contributed by atoms with E-state index < -0.39 is 16.7 Å². The Hall–Kier alpha value is -2.77. The lowest BCUT2D eigenvalue weighted by atomic mass is 10.1. The molecule has 0 fully saturated rings. The lowest BCUT2D eigenvalue weighted by Crippen LogP contribution is -2.33. The minimum absolute atomic E-state index is 0.0393. The van der Waals surface area contributed by atoms with Crippen molar-refractivity contribution in [3.8, 4) is 0 Å². The minimum Gasteiger partial charge on any atom is -0.343 e. The van der Waals surface area contributed by atoms with E-state index in [1.165, 1.54) is 18.2 Å². The third-order valence-corrected chi connectivity index (χ3v) is 4.06. The highest BCUT2D eigenvalue weighted by Gasteiger charge is 2.40. The molecule has 0 bridgehead atoms. The smallest absolute Gasteiger partial charge is 0.282 e. The molecule has 0 spiro atoms. The van der Waals surface area contributed by atoms with Crippen molar-refractivity contribution >= 4 is 23.4 Å². The molecule has 0 saturated carbocycles. The first-order valence-corrected chi connectivity index (χ1v) is 7.83. The molecule has 24 heavy (non-hydrogen) atoms. The van der Waals surface area contributed by atoms with Gasteiger partial charge < -0.3 is 4.90 Å². The Morgan fingerprint density at radius 1 is 1.21 bits per heavy atom. The van der Waals surface area contributed by atoms with Crippen LogP contribution in [0.25, 0.3) is 0 Å². The second-order valence-corrected chi connectivity index (χ2v) is 5.39. The Morgan fingerprint density at radius 3 is 2.46 bits per heavy atom. The molecule has 0 N–H and O–H groups in total. The van der Waals surface area contributed by atoms with Gasteiger partial charge in [0.1, 0.15) is 5.56 Å². The highest BCUT2D eigenvalue weighted by atomic mass is 16.6. The maximum Gasteiger partial charge on any atom is 0.282 e. The van der Waals surface area contributed by atoms with Crippen LogP contribution in [0.2, 0.25) is 0 Å². The van der Waals surface area contributed by atoms with E-state index in [4.69, 9.17) is 0 Å². The van der Waals surface area contributed by atoms with E-state index in [2.05, 4.69) is 0 Å². The van der Waals surface area contributed by atoms with Gasteiger partial charge in [-0.1, -0.05) is 6.07 Å². The molecule has 1 aromatic rings.